The molecule has 0 aliphatic heterocycles. The Balaban J connectivity index is 0.869. The van der Waals surface area contributed by atoms with E-state index in [1.807, 2.05) is 0 Å². The van der Waals surface area contributed by atoms with Crippen LogP contribution in [0.1, 0.15) is 63.5 Å². The number of para-hydroxylation sites is 2. The second-order valence-corrected chi connectivity index (χ2v) is 23.5. The topological polar surface area (TPSA) is 14.8 Å². The lowest BCUT2D eigenvalue weighted by molar-refractivity contribution is 0.733. The molecule has 2 unspecified atom stereocenters. The summed E-state index contributed by atoms with van der Waals surface area (Å²) in [6.07, 6.45) is 2.21. The minimum absolute atomic E-state index is 0.487. The van der Waals surface area contributed by atoms with Crippen molar-refractivity contribution in [1.82, 2.24) is 13.7 Å². The van der Waals surface area contributed by atoms with Crippen LogP contribution in [0.25, 0.3) is 149 Å². The summed E-state index contributed by atoms with van der Waals surface area (Å²) in [5.41, 5.74) is 23.2. The van der Waals surface area contributed by atoms with Crippen molar-refractivity contribution in [2.45, 2.75) is 52.4 Å². The van der Waals surface area contributed by atoms with E-state index in [4.69, 9.17) is 0 Å². The number of nitrogens with zero attached hydrogens (tertiary/aromatic N) is 3. The Morgan fingerprint density at radius 1 is 0.235 bits per heavy atom. The zero-order valence-electron chi connectivity index (χ0n) is 48.4. The lowest BCUT2D eigenvalue weighted by atomic mass is 9.86. The van der Waals surface area contributed by atoms with Crippen LogP contribution >= 0.6 is 0 Å². The van der Waals surface area contributed by atoms with E-state index in [9.17, 15) is 0 Å². The van der Waals surface area contributed by atoms with Crippen LogP contribution in [0.3, 0.4) is 0 Å². The number of rotatable bonds is 11. The van der Waals surface area contributed by atoms with Crippen molar-refractivity contribution >= 4 is 87.0 Å². The van der Waals surface area contributed by atoms with Gasteiger partial charge in [0.05, 0.1) is 33.1 Å². The highest BCUT2D eigenvalue weighted by Gasteiger charge is 2.22. The number of benzene rings is 13. The van der Waals surface area contributed by atoms with Gasteiger partial charge in [0, 0.05) is 49.4 Å². The van der Waals surface area contributed by atoms with E-state index in [-0.39, 0.29) is 0 Å². The smallest absolute Gasteiger partial charge is 0.0541 e. The van der Waals surface area contributed by atoms with Crippen molar-refractivity contribution in [3.63, 3.8) is 0 Å². The van der Waals surface area contributed by atoms with Gasteiger partial charge in [-0.1, -0.05) is 204 Å². The molecule has 16 rings (SSSR count). The van der Waals surface area contributed by atoms with Gasteiger partial charge in [-0.05, 0) is 199 Å². The maximum atomic E-state index is 2.48. The van der Waals surface area contributed by atoms with E-state index < -0.39 is 0 Å². The van der Waals surface area contributed by atoms with E-state index >= 15 is 0 Å². The lowest BCUT2D eigenvalue weighted by Crippen LogP contribution is -1.97. The molecule has 0 spiro atoms. The highest BCUT2D eigenvalue weighted by Crippen LogP contribution is 2.46. The Morgan fingerprint density at radius 3 is 0.929 bits per heavy atom. The third-order valence-electron chi connectivity index (χ3n) is 18.8. The first-order valence-electron chi connectivity index (χ1n) is 30.4. The third-order valence-corrected chi connectivity index (χ3v) is 18.8. The molecule has 0 bridgehead atoms. The van der Waals surface area contributed by atoms with E-state index in [1.165, 1.54) is 154 Å². The summed E-state index contributed by atoms with van der Waals surface area (Å²) in [5.74, 6) is 0.974. The number of fused-ring (bicyclic) bond motifs is 11. The summed E-state index contributed by atoms with van der Waals surface area (Å²) in [5, 5.41) is 12.5. The van der Waals surface area contributed by atoms with Crippen molar-refractivity contribution in [2.24, 2.45) is 0 Å². The molecule has 0 radical (unpaired) electrons. The highest BCUT2D eigenvalue weighted by atomic mass is 15.0. The van der Waals surface area contributed by atoms with Gasteiger partial charge in [-0.25, -0.2) is 0 Å². The van der Waals surface area contributed by atoms with Gasteiger partial charge in [-0.15, -0.1) is 0 Å². The summed E-state index contributed by atoms with van der Waals surface area (Å²) in [7, 11) is 0. The monoisotopic (exact) mass is 1090 g/mol. The second-order valence-electron chi connectivity index (χ2n) is 23.5. The molecule has 0 fully saturated rings. The Hall–Kier alpha value is -10.2. The first-order valence-corrected chi connectivity index (χ1v) is 30.4. The molecule has 0 aliphatic rings. The van der Waals surface area contributed by atoms with Crippen molar-refractivity contribution in [3.8, 4) is 61.6 Å². The van der Waals surface area contributed by atoms with Crippen LogP contribution in [0.4, 0.5) is 0 Å². The number of hydrogen-bond donors (Lipinski definition) is 0. The summed E-state index contributed by atoms with van der Waals surface area (Å²) >= 11 is 0. The zero-order chi connectivity index (χ0) is 56.9. The Kier molecular flexibility index (Phi) is 12.1. The van der Waals surface area contributed by atoms with Crippen LogP contribution in [0.15, 0.2) is 273 Å². The molecule has 0 N–H and O–H groups in total. The highest BCUT2D eigenvalue weighted by molar-refractivity contribution is 6.22. The first-order chi connectivity index (χ1) is 41.9. The van der Waals surface area contributed by atoms with Gasteiger partial charge >= 0.3 is 0 Å². The standard InChI is InChI=1S/C82H63N3/c1-5-52(3)56-22-18-24-63(46-56)84-75-32-16-14-26-65(75)71-48-58(36-42-77(71)84)60-38-44-79-73(50-60)74-51-61(59-37-43-78-72(49-59)66-27-15-17-33-76(66)85(78)64-25-19-23-57(47-64)53(4)6-2)39-45-80(74)83(79)62-40-34-55(35-41-62)82-69-30-12-10-28-67(69)81(54-20-8-7-9-21-54)68-29-11-13-31-70(68)82/h7-53H,5-6H2,1-4H3. The van der Waals surface area contributed by atoms with Gasteiger partial charge in [0.2, 0.25) is 0 Å². The molecule has 3 heteroatoms. The van der Waals surface area contributed by atoms with Gasteiger partial charge in [-0.3, -0.25) is 0 Å². The van der Waals surface area contributed by atoms with E-state index in [2.05, 4.69) is 314 Å². The SMILES string of the molecule is CCC(C)c1cccc(-n2c3ccccc3c3cc(-c4ccc5c(c4)c4cc(-c6ccc7c(c6)c6ccccc6n7-c6cccc(C(C)CC)c6)ccc4n5-c4ccc(-c5c6ccccc6c(-c6ccccc6)c6ccccc56)cc4)ccc32)c1. The van der Waals surface area contributed by atoms with Crippen LogP contribution in [0.2, 0.25) is 0 Å². The molecule has 16 aromatic rings. The lowest BCUT2D eigenvalue weighted by Gasteiger charge is -2.18. The third kappa shape index (κ3) is 8.16. The average molecular weight is 1090 g/mol. The minimum atomic E-state index is 0.487. The molecule has 0 aliphatic carbocycles. The first kappa shape index (κ1) is 50.5. The fourth-order valence-corrected chi connectivity index (χ4v) is 14.1. The maximum Gasteiger partial charge on any atom is 0.0541 e. The molecule has 3 nitrogen and oxygen atoms in total. The maximum absolute atomic E-state index is 2.48. The zero-order valence-corrected chi connectivity index (χ0v) is 48.4. The van der Waals surface area contributed by atoms with Crippen molar-refractivity contribution in [3.05, 3.63) is 284 Å². The Morgan fingerprint density at radius 2 is 0.541 bits per heavy atom. The second kappa shape index (κ2) is 20.3. The van der Waals surface area contributed by atoms with Gasteiger partial charge in [0.1, 0.15) is 0 Å². The van der Waals surface area contributed by atoms with Crippen LogP contribution in [0, 0.1) is 0 Å². The largest absolute Gasteiger partial charge is 0.309 e. The van der Waals surface area contributed by atoms with Gasteiger partial charge < -0.3 is 13.7 Å². The van der Waals surface area contributed by atoms with Crippen molar-refractivity contribution in [1.29, 1.82) is 0 Å². The fourth-order valence-electron chi connectivity index (χ4n) is 14.1. The summed E-state index contributed by atoms with van der Waals surface area (Å²) in [6.45, 7) is 9.20. The Bertz CT molecular complexity index is 5010. The van der Waals surface area contributed by atoms with Crippen LogP contribution in [0.5, 0.6) is 0 Å². The summed E-state index contributed by atoms with van der Waals surface area (Å²) in [4.78, 5) is 0. The minimum Gasteiger partial charge on any atom is -0.309 e. The average Bonchev–Trinajstić information content (AvgIpc) is 3.64. The van der Waals surface area contributed by atoms with E-state index in [0.717, 1.165) is 18.5 Å². The molecular formula is C82H63N3. The normalized spacial score (nSPS) is 12.7. The molecular weight excluding hydrogens is 1030 g/mol. The van der Waals surface area contributed by atoms with Crippen molar-refractivity contribution in [2.75, 3.05) is 0 Å². The molecule has 3 aromatic heterocycles. The predicted molar refractivity (Wildman–Crippen MR) is 364 cm³/mol. The quantitative estimate of drug-likeness (QED) is 0.115. The summed E-state index contributed by atoms with van der Waals surface area (Å²) < 4.78 is 7.38. The van der Waals surface area contributed by atoms with E-state index in [1.54, 1.807) is 0 Å². The molecule has 3 heterocycles. The van der Waals surface area contributed by atoms with E-state index in [0.29, 0.717) is 11.8 Å². The molecule has 0 saturated carbocycles. The van der Waals surface area contributed by atoms with Gasteiger partial charge in [0.25, 0.3) is 0 Å². The van der Waals surface area contributed by atoms with Crippen LogP contribution in [-0.2, 0) is 0 Å². The van der Waals surface area contributed by atoms with Crippen LogP contribution in [-0.4, -0.2) is 13.7 Å². The molecule has 13 aromatic carbocycles. The number of hydrogen-bond acceptors (Lipinski definition) is 0. The summed E-state index contributed by atoms with van der Waals surface area (Å²) in [6, 6.07) is 103. The fraction of sp³-hybridized carbons (Fsp3) is 0.0976. The van der Waals surface area contributed by atoms with Crippen molar-refractivity contribution < 1.29 is 0 Å². The number of aromatic nitrogens is 3. The van der Waals surface area contributed by atoms with Gasteiger partial charge in [-0.2, -0.15) is 0 Å². The molecule has 85 heavy (non-hydrogen) atoms. The molecule has 2 atom stereocenters. The molecule has 406 valence electrons. The van der Waals surface area contributed by atoms with Gasteiger partial charge in [0.15, 0.2) is 0 Å². The molecule has 0 saturated heterocycles. The Labute approximate surface area is 495 Å². The molecule has 0 amide bonds. The predicted octanol–water partition coefficient (Wildman–Crippen LogP) is 23.0. The van der Waals surface area contributed by atoms with Crippen LogP contribution < -0.4 is 0 Å².